The summed E-state index contributed by atoms with van der Waals surface area (Å²) in [6.45, 7) is 4.51. The third-order valence-corrected chi connectivity index (χ3v) is 4.28. The summed E-state index contributed by atoms with van der Waals surface area (Å²) < 4.78 is 5.71. The quantitative estimate of drug-likeness (QED) is 0.874. The maximum atomic E-state index is 11.9. The summed E-state index contributed by atoms with van der Waals surface area (Å²) in [6.07, 6.45) is 4.39. The van der Waals surface area contributed by atoms with Crippen LogP contribution in [0.2, 0.25) is 0 Å². The van der Waals surface area contributed by atoms with Gasteiger partial charge in [-0.15, -0.1) is 12.4 Å². The first-order valence-corrected chi connectivity index (χ1v) is 7.80. The molecule has 1 aromatic carbocycles. The van der Waals surface area contributed by atoms with Crippen molar-refractivity contribution in [1.29, 1.82) is 0 Å². The zero-order valence-electron chi connectivity index (χ0n) is 13.4. The van der Waals surface area contributed by atoms with E-state index in [1.807, 2.05) is 19.1 Å². The Hall–Kier alpha value is -1.26. The van der Waals surface area contributed by atoms with Gasteiger partial charge in [0.15, 0.2) is 0 Å². The third kappa shape index (κ3) is 5.50. The number of ether oxygens (including phenoxy) is 1. The van der Waals surface area contributed by atoms with Gasteiger partial charge in [-0.1, -0.05) is 12.1 Å². The Kier molecular flexibility index (Phi) is 7.69. The molecule has 2 rings (SSSR count). The van der Waals surface area contributed by atoms with Crippen LogP contribution in [0.25, 0.3) is 0 Å². The minimum atomic E-state index is 0. The van der Waals surface area contributed by atoms with Crippen LogP contribution in [0, 0.1) is 13.8 Å². The molecule has 0 heterocycles. The van der Waals surface area contributed by atoms with Crippen LogP contribution in [0.15, 0.2) is 18.2 Å². The number of nitrogens with one attached hydrogen (secondary N) is 1. The fraction of sp³-hybridized carbons (Fsp3) is 0.588. The van der Waals surface area contributed by atoms with Gasteiger partial charge < -0.3 is 15.8 Å². The summed E-state index contributed by atoms with van der Waals surface area (Å²) in [4.78, 5) is 11.9. The molecule has 0 spiro atoms. The van der Waals surface area contributed by atoms with Gasteiger partial charge in [-0.25, -0.2) is 0 Å². The second kappa shape index (κ2) is 9.01. The lowest BCUT2D eigenvalue weighted by atomic mass is 9.92. The lowest BCUT2D eigenvalue weighted by Crippen LogP contribution is -2.40. The van der Waals surface area contributed by atoms with Gasteiger partial charge in [0.05, 0.1) is 13.0 Å². The molecule has 4 nitrogen and oxygen atoms in total. The summed E-state index contributed by atoms with van der Waals surface area (Å²) in [5, 5.41) is 3.08. The highest BCUT2D eigenvalue weighted by atomic mass is 35.5. The van der Waals surface area contributed by atoms with Gasteiger partial charge >= 0.3 is 0 Å². The standard InChI is InChI=1S/C17H26N2O2.ClH/c1-12-4-3-5-16(13(12)2)21-11-10-17(20)19-15-8-6-14(18)7-9-15;/h3-5,14-15H,6-11,18H2,1-2H3,(H,19,20);1H. The van der Waals surface area contributed by atoms with Gasteiger partial charge in [-0.3, -0.25) is 4.79 Å². The van der Waals surface area contributed by atoms with Gasteiger partial charge in [0.25, 0.3) is 0 Å². The van der Waals surface area contributed by atoms with E-state index >= 15 is 0 Å². The van der Waals surface area contributed by atoms with E-state index in [1.165, 1.54) is 5.56 Å². The number of rotatable bonds is 5. The van der Waals surface area contributed by atoms with Crippen LogP contribution >= 0.6 is 12.4 Å². The summed E-state index contributed by atoms with van der Waals surface area (Å²) >= 11 is 0. The van der Waals surface area contributed by atoms with Gasteiger partial charge in [0, 0.05) is 12.1 Å². The van der Waals surface area contributed by atoms with Crippen molar-refractivity contribution in [3.05, 3.63) is 29.3 Å². The molecule has 1 amide bonds. The molecule has 1 fully saturated rings. The lowest BCUT2D eigenvalue weighted by molar-refractivity contribution is -0.122. The second-order valence-electron chi connectivity index (χ2n) is 5.98. The molecule has 1 aliphatic carbocycles. The van der Waals surface area contributed by atoms with Gasteiger partial charge in [-0.05, 0) is 56.7 Å². The van der Waals surface area contributed by atoms with Gasteiger partial charge in [0.2, 0.25) is 5.91 Å². The van der Waals surface area contributed by atoms with E-state index in [4.69, 9.17) is 10.5 Å². The predicted molar refractivity (Wildman–Crippen MR) is 91.7 cm³/mol. The molecule has 1 aliphatic rings. The van der Waals surface area contributed by atoms with Crippen LogP contribution in [0.1, 0.15) is 43.2 Å². The average molecular weight is 327 g/mol. The van der Waals surface area contributed by atoms with Crippen molar-refractivity contribution >= 4 is 18.3 Å². The molecular formula is C17H27ClN2O2. The van der Waals surface area contributed by atoms with E-state index in [1.54, 1.807) is 0 Å². The maximum Gasteiger partial charge on any atom is 0.223 e. The monoisotopic (exact) mass is 326 g/mol. The lowest BCUT2D eigenvalue weighted by Gasteiger charge is -2.26. The van der Waals surface area contributed by atoms with Crippen LogP contribution in [0.3, 0.4) is 0 Å². The molecule has 0 atom stereocenters. The highest BCUT2D eigenvalue weighted by Crippen LogP contribution is 2.20. The minimum absolute atomic E-state index is 0. The van der Waals surface area contributed by atoms with Crippen molar-refractivity contribution in [2.45, 2.75) is 58.0 Å². The van der Waals surface area contributed by atoms with E-state index in [9.17, 15) is 4.79 Å². The van der Waals surface area contributed by atoms with Crippen LogP contribution in [0.5, 0.6) is 5.75 Å². The second-order valence-corrected chi connectivity index (χ2v) is 5.98. The Bertz CT molecular complexity index is 486. The van der Waals surface area contributed by atoms with E-state index in [0.717, 1.165) is 37.0 Å². The molecule has 5 heteroatoms. The van der Waals surface area contributed by atoms with Crippen LogP contribution in [0.4, 0.5) is 0 Å². The van der Waals surface area contributed by atoms with Crippen LogP contribution in [-0.4, -0.2) is 24.6 Å². The molecule has 1 aromatic rings. The minimum Gasteiger partial charge on any atom is -0.493 e. The van der Waals surface area contributed by atoms with Crippen molar-refractivity contribution in [1.82, 2.24) is 5.32 Å². The van der Waals surface area contributed by atoms with Crippen LogP contribution in [-0.2, 0) is 4.79 Å². The largest absolute Gasteiger partial charge is 0.493 e. The highest BCUT2D eigenvalue weighted by molar-refractivity contribution is 5.85. The number of hydrogen-bond donors (Lipinski definition) is 2. The summed E-state index contributed by atoms with van der Waals surface area (Å²) in [7, 11) is 0. The zero-order chi connectivity index (χ0) is 15.2. The fourth-order valence-electron chi connectivity index (χ4n) is 2.70. The van der Waals surface area contributed by atoms with E-state index in [0.29, 0.717) is 19.1 Å². The molecule has 0 radical (unpaired) electrons. The first-order chi connectivity index (χ1) is 10.1. The van der Waals surface area contributed by atoms with E-state index in [2.05, 4.69) is 18.3 Å². The van der Waals surface area contributed by atoms with Gasteiger partial charge in [0.1, 0.15) is 5.75 Å². The third-order valence-electron chi connectivity index (χ3n) is 4.28. The zero-order valence-corrected chi connectivity index (χ0v) is 14.2. The number of halogens is 1. The Morgan fingerprint density at radius 3 is 2.64 bits per heavy atom. The van der Waals surface area contributed by atoms with Crippen molar-refractivity contribution in [3.8, 4) is 5.75 Å². The topological polar surface area (TPSA) is 64.3 Å². The Labute approximate surface area is 139 Å². The number of nitrogens with two attached hydrogens (primary N) is 1. The molecule has 0 unspecified atom stereocenters. The fourth-order valence-corrected chi connectivity index (χ4v) is 2.70. The number of aryl methyl sites for hydroxylation is 1. The molecule has 124 valence electrons. The first-order valence-electron chi connectivity index (χ1n) is 7.80. The van der Waals surface area contributed by atoms with Gasteiger partial charge in [-0.2, -0.15) is 0 Å². The number of hydrogen-bond acceptors (Lipinski definition) is 3. The SMILES string of the molecule is Cc1cccc(OCCC(=O)NC2CCC(N)CC2)c1C.Cl. The van der Waals surface area contributed by atoms with Crippen molar-refractivity contribution in [2.75, 3.05) is 6.61 Å². The maximum absolute atomic E-state index is 11.9. The molecule has 0 saturated heterocycles. The Morgan fingerprint density at radius 1 is 1.27 bits per heavy atom. The van der Waals surface area contributed by atoms with Crippen molar-refractivity contribution < 1.29 is 9.53 Å². The normalized spacial score (nSPS) is 20.9. The molecule has 22 heavy (non-hydrogen) atoms. The van der Waals surface area contributed by atoms with E-state index < -0.39 is 0 Å². The van der Waals surface area contributed by atoms with Crippen molar-refractivity contribution in [3.63, 3.8) is 0 Å². The summed E-state index contributed by atoms with van der Waals surface area (Å²) in [5.74, 6) is 0.937. The Morgan fingerprint density at radius 2 is 1.95 bits per heavy atom. The van der Waals surface area contributed by atoms with Crippen molar-refractivity contribution in [2.24, 2.45) is 5.73 Å². The first kappa shape index (κ1) is 18.8. The number of carbonyl (C=O) groups excluding carboxylic acids is 1. The molecule has 3 N–H and O–H groups in total. The number of benzene rings is 1. The molecular weight excluding hydrogens is 300 g/mol. The number of amides is 1. The van der Waals surface area contributed by atoms with E-state index in [-0.39, 0.29) is 24.4 Å². The number of carbonyl (C=O) groups is 1. The molecule has 0 bridgehead atoms. The molecule has 0 aliphatic heterocycles. The smallest absolute Gasteiger partial charge is 0.223 e. The Balaban J connectivity index is 0.00000242. The summed E-state index contributed by atoms with van der Waals surface area (Å²) in [5.41, 5.74) is 8.21. The highest BCUT2D eigenvalue weighted by Gasteiger charge is 2.19. The van der Waals surface area contributed by atoms with Crippen LogP contribution < -0.4 is 15.8 Å². The predicted octanol–water partition coefficient (Wildman–Crippen LogP) is 2.88. The molecule has 0 aromatic heterocycles. The average Bonchev–Trinajstić information content (AvgIpc) is 2.46. The summed E-state index contributed by atoms with van der Waals surface area (Å²) in [6, 6.07) is 6.58. The molecule has 1 saturated carbocycles.